The lowest BCUT2D eigenvalue weighted by atomic mass is 9.73. The predicted molar refractivity (Wildman–Crippen MR) is 75.3 cm³/mol. The lowest BCUT2D eigenvalue weighted by Gasteiger charge is -2.39. The highest BCUT2D eigenvalue weighted by Crippen LogP contribution is 2.38. The molecule has 106 valence electrons. The fourth-order valence-electron chi connectivity index (χ4n) is 2.76. The summed E-state index contributed by atoms with van der Waals surface area (Å²) >= 11 is 0. The third-order valence-corrected chi connectivity index (χ3v) is 4.05. The van der Waals surface area contributed by atoms with Gasteiger partial charge in [-0.2, -0.15) is 5.26 Å². The van der Waals surface area contributed by atoms with Gasteiger partial charge in [0.2, 0.25) is 5.82 Å². The molecule has 0 radical (unpaired) electrons. The van der Waals surface area contributed by atoms with Gasteiger partial charge in [0.15, 0.2) is 0 Å². The van der Waals surface area contributed by atoms with Crippen LogP contribution in [0.25, 0.3) is 0 Å². The van der Waals surface area contributed by atoms with E-state index in [9.17, 15) is 10.1 Å². The normalized spacial score (nSPS) is 20.9. The fraction of sp³-hybridized carbons (Fsp3) is 0.571. The van der Waals surface area contributed by atoms with E-state index in [1.807, 2.05) is 6.07 Å². The predicted octanol–water partition coefficient (Wildman–Crippen LogP) is 3.24. The van der Waals surface area contributed by atoms with E-state index in [-0.39, 0.29) is 28.5 Å². The summed E-state index contributed by atoms with van der Waals surface area (Å²) in [6.45, 7) is 4.31. The molecule has 1 N–H and O–H groups in total. The van der Waals surface area contributed by atoms with Crippen molar-refractivity contribution in [3.8, 4) is 6.07 Å². The summed E-state index contributed by atoms with van der Waals surface area (Å²) in [6, 6.07) is 3.36. The van der Waals surface area contributed by atoms with E-state index in [0.29, 0.717) is 0 Å². The van der Waals surface area contributed by atoms with Crippen LogP contribution >= 0.6 is 0 Å². The van der Waals surface area contributed by atoms with Crippen LogP contribution in [0, 0.1) is 26.9 Å². The molecule has 0 aliphatic heterocycles. The number of hydrogen-bond acceptors (Lipinski definition) is 5. The van der Waals surface area contributed by atoms with Crippen molar-refractivity contribution in [1.29, 1.82) is 5.26 Å². The van der Waals surface area contributed by atoms with E-state index in [4.69, 9.17) is 5.26 Å². The molecule has 1 fully saturated rings. The van der Waals surface area contributed by atoms with E-state index in [1.165, 1.54) is 18.7 Å². The minimum atomic E-state index is -0.538. The topological polar surface area (TPSA) is 91.8 Å². The van der Waals surface area contributed by atoms with Crippen molar-refractivity contribution >= 4 is 11.5 Å². The average molecular weight is 274 g/mol. The second kappa shape index (κ2) is 5.45. The maximum Gasteiger partial charge on any atom is 0.328 e. The van der Waals surface area contributed by atoms with Gasteiger partial charge in [-0.05, 0) is 24.3 Å². The minimum absolute atomic E-state index is 0.0427. The zero-order chi connectivity index (χ0) is 14.8. The number of rotatable bonds is 3. The van der Waals surface area contributed by atoms with Crippen molar-refractivity contribution in [3.63, 3.8) is 0 Å². The number of pyridine rings is 1. The number of hydrogen-bond donors (Lipinski definition) is 1. The maximum atomic E-state index is 11.2. The van der Waals surface area contributed by atoms with Crippen LogP contribution < -0.4 is 5.32 Å². The SMILES string of the molecule is CC1(C)CCCCC1Nc1nccc(C#N)c1[N+](=O)[O-]. The molecule has 1 heterocycles. The lowest BCUT2D eigenvalue weighted by Crippen LogP contribution is -2.39. The molecule has 0 spiro atoms. The van der Waals surface area contributed by atoms with Crippen molar-refractivity contribution in [3.05, 3.63) is 27.9 Å². The van der Waals surface area contributed by atoms with E-state index in [2.05, 4.69) is 24.1 Å². The highest BCUT2D eigenvalue weighted by atomic mass is 16.6. The summed E-state index contributed by atoms with van der Waals surface area (Å²) in [5, 5.41) is 23.4. The summed E-state index contributed by atoms with van der Waals surface area (Å²) in [4.78, 5) is 14.7. The van der Waals surface area contributed by atoms with Gasteiger partial charge >= 0.3 is 5.69 Å². The van der Waals surface area contributed by atoms with Crippen molar-refractivity contribution in [2.75, 3.05) is 5.32 Å². The van der Waals surface area contributed by atoms with E-state index in [1.54, 1.807) is 0 Å². The van der Waals surface area contributed by atoms with Crippen LogP contribution in [0.2, 0.25) is 0 Å². The van der Waals surface area contributed by atoms with Gasteiger partial charge in [0.05, 0.1) is 4.92 Å². The van der Waals surface area contributed by atoms with Crippen LogP contribution in [-0.2, 0) is 0 Å². The summed E-state index contributed by atoms with van der Waals surface area (Å²) in [5.74, 6) is 0.203. The number of nitrogens with one attached hydrogen (secondary N) is 1. The quantitative estimate of drug-likeness (QED) is 0.674. The maximum absolute atomic E-state index is 11.2. The Labute approximate surface area is 118 Å². The number of nitrogens with zero attached hydrogens (tertiary/aromatic N) is 3. The molecule has 1 atom stereocenters. The van der Waals surface area contributed by atoms with Crippen LogP contribution in [0.1, 0.15) is 45.1 Å². The molecule has 1 unspecified atom stereocenters. The molecule has 0 saturated heterocycles. The zero-order valence-corrected chi connectivity index (χ0v) is 11.7. The molecule has 1 aliphatic carbocycles. The van der Waals surface area contributed by atoms with Gasteiger partial charge in [-0.1, -0.05) is 26.7 Å². The molecule has 2 rings (SSSR count). The highest BCUT2D eigenvalue weighted by molar-refractivity contribution is 5.64. The van der Waals surface area contributed by atoms with Crippen LogP contribution in [0.5, 0.6) is 0 Å². The molecule has 0 amide bonds. The van der Waals surface area contributed by atoms with Gasteiger partial charge < -0.3 is 5.32 Å². The van der Waals surface area contributed by atoms with Gasteiger partial charge in [-0.25, -0.2) is 4.98 Å². The van der Waals surface area contributed by atoms with Crippen molar-refractivity contribution < 1.29 is 4.92 Å². The molecule has 1 aliphatic rings. The smallest absolute Gasteiger partial charge is 0.328 e. The van der Waals surface area contributed by atoms with Crippen molar-refractivity contribution in [2.45, 2.75) is 45.6 Å². The molecule has 0 aromatic carbocycles. The Balaban J connectivity index is 2.34. The first kappa shape index (κ1) is 14.3. The molecular formula is C14H18N4O2. The van der Waals surface area contributed by atoms with Gasteiger partial charge in [0, 0.05) is 12.2 Å². The van der Waals surface area contributed by atoms with Gasteiger partial charge in [-0.15, -0.1) is 0 Å². The third-order valence-electron chi connectivity index (χ3n) is 4.05. The van der Waals surface area contributed by atoms with Crippen LogP contribution in [0.4, 0.5) is 11.5 Å². The number of aromatic nitrogens is 1. The monoisotopic (exact) mass is 274 g/mol. The Hall–Kier alpha value is -2.16. The lowest BCUT2D eigenvalue weighted by molar-refractivity contribution is -0.384. The Morgan fingerprint density at radius 1 is 1.55 bits per heavy atom. The van der Waals surface area contributed by atoms with Crippen molar-refractivity contribution in [2.24, 2.45) is 5.41 Å². The zero-order valence-electron chi connectivity index (χ0n) is 11.7. The second-order valence-corrected chi connectivity index (χ2v) is 5.86. The third kappa shape index (κ3) is 2.72. The first-order valence-corrected chi connectivity index (χ1v) is 6.76. The summed E-state index contributed by atoms with van der Waals surface area (Å²) < 4.78 is 0. The highest BCUT2D eigenvalue weighted by Gasteiger charge is 2.34. The Kier molecular flexibility index (Phi) is 3.89. The largest absolute Gasteiger partial charge is 0.361 e. The molecule has 20 heavy (non-hydrogen) atoms. The van der Waals surface area contributed by atoms with E-state index >= 15 is 0 Å². The van der Waals surface area contributed by atoms with Crippen LogP contribution in [-0.4, -0.2) is 15.9 Å². The van der Waals surface area contributed by atoms with Gasteiger partial charge in [0.1, 0.15) is 11.6 Å². The molecular weight excluding hydrogens is 256 g/mol. The number of nitriles is 1. The van der Waals surface area contributed by atoms with Crippen LogP contribution in [0.15, 0.2) is 12.3 Å². The minimum Gasteiger partial charge on any atom is -0.361 e. The molecule has 6 heteroatoms. The molecule has 6 nitrogen and oxygen atoms in total. The first-order valence-electron chi connectivity index (χ1n) is 6.76. The van der Waals surface area contributed by atoms with E-state index in [0.717, 1.165) is 19.3 Å². The second-order valence-electron chi connectivity index (χ2n) is 5.86. The number of nitro groups is 1. The standard InChI is InChI=1S/C14H18N4O2/c1-14(2)7-4-3-5-11(14)17-13-12(18(19)20)10(9-15)6-8-16-13/h6,8,11H,3-5,7H2,1-2H3,(H,16,17). The summed E-state index contributed by atoms with van der Waals surface area (Å²) in [7, 11) is 0. The fourth-order valence-corrected chi connectivity index (χ4v) is 2.76. The number of anilines is 1. The molecule has 1 saturated carbocycles. The summed E-state index contributed by atoms with van der Waals surface area (Å²) in [5.41, 5.74) is -0.117. The van der Waals surface area contributed by atoms with Crippen molar-refractivity contribution in [1.82, 2.24) is 4.98 Å². The molecule has 1 aromatic rings. The Bertz CT molecular complexity index is 563. The molecule has 0 bridgehead atoms. The van der Waals surface area contributed by atoms with Crippen LogP contribution in [0.3, 0.4) is 0 Å². The van der Waals surface area contributed by atoms with Gasteiger partial charge in [-0.3, -0.25) is 10.1 Å². The molecule has 1 aromatic heterocycles. The van der Waals surface area contributed by atoms with Gasteiger partial charge in [0.25, 0.3) is 0 Å². The Morgan fingerprint density at radius 3 is 2.90 bits per heavy atom. The Morgan fingerprint density at radius 2 is 2.30 bits per heavy atom. The first-order chi connectivity index (χ1) is 9.45. The summed E-state index contributed by atoms with van der Waals surface area (Å²) in [6.07, 6.45) is 5.76. The van der Waals surface area contributed by atoms with E-state index < -0.39 is 4.92 Å². The average Bonchev–Trinajstić information content (AvgIpc) is 2.40.